The molecule has 0 spiro atoms. The fourth-order valence-electron chi connectivity index (χ4n) is 4.91. The van der Waals surface area contributed by atoms with Crippen LogP contribution in [0.5, 0.6) is 0 Å². The van der Waals surface area contributed by atoms with Crippen molar-refractivity contribution in [3.63, 3.8) is 0 Å². The monoisotopic (exact) mass is 251 g/mol. The first-order chi connectivity index (χ1) is 8.74. The zero-order valence-corrected chi connectivity index (χ0v) is 11.6. The third-order valence-electron chi connectivity index (χ3n) is 5.90. The number of fused-ring (bicyclic) bond motifs is 2. The number of nitrogens with zero attached hydrogens (tertiary/aromatic N) is 2. The van der Waals surface area contributed by atoms with Crippen LogP contribution >= 0.6 is 0 Å². The van der Waals surface area contributed by atoms with Gasteiger partial charge in [0.2, 0.25) is 0 Å². The van der Waals surface area contributed by atoms with Crippen LogP contribution in [0.2, 0.25) is 0 Å². The van der Waals surface area contributed by atoms with Crippen molar-refractivity contribution in [2.24, 2.45) is 17.0 Å². The molecule has 0 unspecified atom stereocenters. The number of piperidine rings is 1. The Morgan fingerprint density at radius 3 is 2.50 bits per heavy atom. The SMILES string of the molecule is C[N+]1([C@H]2CC[C@H]3CCC[C@@H]2/C3=N/O)CCCCC1. The second-order valence-corrected chi connectivity index (χ2v) is 6.89. The first-order valence-electron chi connectivity index (χ1n) is 7.81. The molecule has 1 aliphatic heterocycles. The zero-order valence-electron chi connectivity index (χ0n) is 11.6. The van der Waals surface area contributed by atoms with E-state index in [0.717, 1.165) is 11.8 Å². The summed E-state index contributed by atoms with van der Waals surface area (Å²) in [5.74, 6) is 1.17. The highest BCUT2D eigenvalue weighted by molar-refractivity contribution is 5.90. The van der Waals surface area contributed by atoms with E-state index in [1.165, 1.54) is 68.9 Å². The van der Waals surface area contributed by atoms with Crippen molar-refractivity contribution in [2.75, 3.05) is 20.1 Å². The molecule has 18 heavy (non-hydrogen) atoms. The molecule has 102 valence electrons. The van der Waals surface area contributed by atoms with E-state index in [2.05, 4.69) is 12.2 Å². The molecule has 3 atom stereocenters. The van der Waals surface area contributed by atoms with Crippen LogP contribution in [0.25, 0.3) is 0 Å². The highest BCUT2D eigenvalue weighted by atomic mass is 16.4. The summed E-state index contributed by atoms with van der Waals surface area (Å²) in [6, 6.07) is 0.729. The Balaban J connectivity index is 1.83. The fraction of sp³-hybridized carbons (Fsp3) is 0.933. The maximum Gasteiger partial charge on any atom is 0.0971 e. The summed E-state index contributed by atoms with van der Waals surface area (Å²) in [4.78, 5) is 0. The Morgan fingerprint density at radius 1 is 1.00 bits per heavy atom. The van der Waals surface area contributed by atoms with Gasteiger partial charge in [0.25, 0.3) is 0 Å². The Labute approximate surface area is 110 Å². The highest BCUT2D eigenvalue weighted by Crippen LogP contribution is 2.42. The third kappa shape index (κ3) is 1.97. The second-order valence-electron chi connectivity index (χ2n) is 6.89. The lowest BCUT2D eigenvalue weighted by Gasteiger charge is -2.51. The summed E-state index contributed by atoms with van der Waals surface area (Å²) in [5, 5.41) is 13.1. The van der Waals surface area contributed by atoms with Crippen molar-refractivity contribution in [3.8, 4) is 0 Å². The average Bonchev–Trinajstić information content (AvgIpc) is 2.38. The summed E-state index contributed by atoms with van der Waals surface area (Å²) >= 11 is 0. The molecule has 2 saturated carbocycles. The number of hydrogen-bond donors (Lipinski definition) is 1. The summed E-state index contributed by atoms with van der Waals surface area (Å²) in [7, 11) is 2.45. The minimum Gasteiger partial charge on any atom is -0.411 e. The van der Waals surface area contributed by atoms with E-state index in [4.69, 9.17) is 0 Å². The molecule has 0 aromatic heterocycles. The number of hydrogen-bond acceptors (Lipinski definition) is 2. The van der Waals surface area contributed by atoms with Crippen LogP contribution in [0.1, 0.15) is 51.4 Å². The lowest BCUT2D eigenvalue weighted by molar-refractivity contribution is -0.941. The van der Waals surface area contributed by atoms with E-state index < -0.39 is 0 Å². The maximum atomic E-state index is 9.38. The molecule has 0 aromatic carbocycles. The topological polar surface area (TPSA) is 32.6 Å². The molecule has 0 amide bonds. The molecular weight excluding hydrogens is 224 g/mol. The number of oxime groups is 1. The molecule has 2 aliphatic carbocycles. The van der Waals surface area contributed by atoms with Gasteiger partial charge in [-0.2, -0.15) is 0 Å². The van der Waals surface area contributed by atoms with Gasteiger partial charge in [-0.1, -0.05) is 11.6 Å². The summed E-state index contributed by atoms with van der Waals surface area (Å²) < 4.78 is 1.25. The molecule has 0 aromatic rings. The number of likely N-dealkylation sites (tertiary alicyclic amines) is 1. The van der Waals surface area contributed by atoms with Crippen molar-refractivity contribution >= 4 is 5.71 Å². The third-order valence-corrected chi connectivity index (χ3v) is 5.90. The van der Waals surface area contributed by atoms with Crippen LogP contribution in [0.15, 0.2) is 5.16 Å². The average molecular weight is 251 g/mol. The van der Waals surface area contributed by atoms with Crippen molar-refractivity contribution in [1.82, 2.24) is 0 Å². The highest BCUT2D eigenvalue weighted by Gasteiger charge is 2.48. The van der Waals surface area contributed by atoms with Crippen LogP contribution in [0, 0.1) is 11.8 Å². The Kier molecular flexibility index (Phi) is 3.35. The smallest absolute Gasteiger partial charge is 0.0971 e. The fourth-order valence-corrected chi connectivity index (χ4v) is 4.91. The molecule has 1 heterocycles. The molecule has 3 aliphatic rings. The molecule has 3 heteroatoms. The van der Waals surface area contributed by atoms with Crippen LogP contribution in [0.4, 0.5) is 0 Å². The van der Waals surface area contributed by atoms with Crippen LogP contribution < -0.4 is 0 Å². The number of quaternary nitrogens is 1. The van der Waals surface area contributed by atoms with Gasteiger partial charge in [-0.3, -0.25) is 0 Å². The van der Waals surface area contributed by atoms with E-state index in [1.54, 1.807) is 0 Å². The van der Waals surface area contributed by atoms with Crippen LogP contribution in [-0.2, 0) is 0 Å². The quantitative estimate of drug-likeness (QED) is 0.434. The van der Waals surface area contributed by atoms with Gasteiger partial charge in [-0.25, -0.2) is 0 Å². The normalized spacial score (nSPS) is 41.8. The summed E-state index contributed by atoms with van der Waals surface area (Å²) in [5.41, 5.74) is 1.16. The van der Waals surface area contributed by atoms with Crippen molar-refractivity contribution in [2.45, 2.75) is 57.4 Å². The molecule has 1 N–H and O–H groups in total. The largest absolute Gasteiger partial charge is 0.411 e. The summed E-state index contributed by atoms with van der Waals surface area (Å²) in [6.45, 7) is 2.68. The maximum absolute atomic E-state index is 9.38. The minimum atomic E-state index is 0.575. The van der Waals surface area contributed by atoms with Crippen LogP contribution in [-0.4, -0.2) is 41.6 Å². The molecule has 1 saturated heterocycles. The molecule has 3 nitrogen and oxygen atoms in total. The predicted molar refractivity (Wildman–Crippen MR) is 72.8 cm³/mol. The van der Waals surface area contributed by atoms with Gasteiger partial charge in [0.05, 0.1) is 37.8 Å². The second kappa shape index (κ2) is 4.84. The van der Waals surface area contributed by atoms with Gasteiger partial charge >= 0.3 is 0 Å². The Hall–Kier alpha value is -0.570. The number of rotatable bonds is 1. The van der Waals surface area contributed by atoms with Gasteiger partial charge in [-0.05, 0) is 38.5 Å². The lowest BCUT2D eigenvalue weighted by atomic mass is 9.67. The standard InChI is InChI=1S/C15H26N2O/c1-17(10-3-2-4-11-17)14-9-8-12-6-5-7-13(14)15(12)16-18/h12-14H,2-11H2,1H3/p+1/b16-15+/t12-,13+,14+/m1/s1. The van der Waals surface area contributed by atoms with Crippen molar-refractivity contribution in [1.29, 1.82) is 0 Å². The first kappa shape index (κ1) is 12.5. The van der Waals surface area contributed by atoms with E-state index in [9.17, 15) is 5.21 Å². The minimum absolute atomic E-state index is 0.575. The Morgan fingerprint density at radius 2 is 1.78 bits per heavy atom. The van der Waals surface area contributed by atoms with Crippen molar-refractivity contribution < 1.29 is 9.69 Å². The van der Waals surface area contributed by atoms with Crippen LogP contribution in [0.3, 0.4) is 0 Å². The van der Waals surface area contributed by atoms with Gasteiger partial charge < -0.3 is 9.69 Å². The molecule has 2 bridgehead atoms. The van der Waals surface area contributed by atoms with Gasteiger partial charge in [0, 0.05) is 12.3 Å². The summed E-state index contributed by atoms with van der Waals surface area (Å²) in [6.07, 6.45) is 10.6. The lowest BCUT2D eigenvalue weighted by Crippen LogP contribution is -2.61. The van der Waals surface area contributed by atoms with E-state index in [0.29, 0.717) is 11.8 Å². The van der Waals surface area contributed by atoms with E-state index in [-0.39, 0.29) is 0 Å². The zero-order chi connectivity index (χ0) is 12.6. The van der Waals surface area contributed by atoms with Gasteiger partial charge in [-0.15, -0.1) is 0 Å². The van der Waals surface area contributed by atoms with Gasteiger partial charge in [0.1, 0.15) is 0 Å². The van der Waals surface area contributed by atoms with Gasteiger partial charge in [0.15, 0.2) is 0 Å². The molecule has 3 rings (SSSR count). The predicted octanol–water partition coefficient (Wildman–Crippen LogP) is 3.03. The van der Waals surface area contributed by atoms with Crippen molar-refractivity contribution in [3.05, 3.63) is 0 Å². The van der Waals surface area contributed by atoms with E-state index in [1.807, 2.05) is 0 Å². The molecule has 0 radical (unpaired) electrons. The Bertz CT molecular complexity index is 333. The molecular formula is C15H27N2O+. The first-order valence-corrected chi connectivity index (χ1v) is 7.81. The molecule has 3 fully saturated rings. The van der Waals surface area contributed by atoms with E-state index >= 15 is 0 Å².